The fraction of sp³-hybridized carbons (Fsp3) is 0.625. The third-order valence-electron chi connectivity index (χ3n) is 4.11. The lowest BCUT2D eigenvalue weighted by Gasteiger charge is -2.38. The van der Waals surface area contributed by atoms with Gasteiger partial charge in [-0.1, -0.05) is 25.3 Å². The number of pyridine rings is 1. The average Bonchev–Trinajstić information content (AvgIpc) is 2.45. The first-order valence-electron chi connectivity index (χ1n) is 7.53. The molecule has 0 radical (unpaired) electrons. The van der Waals surface area contributed by atoms with E-state index < -0.39 is 5.54 Å². The predicted octanol–water partition coefficient (Wildman–Crippen LogP) is 2.48. The summed E-state index contributed by atoms with van der Waals surface area (Å²) >= 11 is 0. The molecule has 0 saturated heterocycles. The van der Waals surface area contributed by atoms with Gasteiger partial charge in [-0.05, 0) is 38.8 Å². The lowest BCUT2D eigenvalue weighted by Crippen LogP contribution is -2.57. The molecule has 0 aliphatic heterocycles. The summed E-state index contributed by atoms with van der Waals surface area (Å²) in [6.07, 6.45) is 6.66. The summed E-state index contributed by atoms with van der Waals surface area (Å²) < 4.78 is 0. The molecule has 4 heteroatoms. The SMILES string of the molecule is CC(C)N(Cc1ccccn1)C(=O)C1(N)CCCCC1. The van der Waals surface area contributed by atoms with Crippen molar-refractivity contribution >= 4 is 5.91 Å². The molecule has 0 bridgehead atoms. The molecule has 2 N–H and O–H groups in total. The largest absolute Gasteiger partial charge is 0.333 e. The number of hydrogen-bond acceptors (Lipinski definition) is 3. The van der Waals surface area contributed by atoms with Crippen LogP contribution in [0, 0.1) is 0 Å². The van der Waals surface area contributed by atoms with Gasteiger partial charge in [-0.25, -0.2) is 0 Å². The Hall–Kier alpha value is -1.42. The van der Waals surface area contributed by atoms with Crippen molar-refractivity contribution in [3.8, 4) is 0 Å². The second-order valence-corrected chi connectivity index (χ2v) is 6.06. The van der Waals surface area contributed by atoms with Crippen LogP contribution in [0.1, 0.15) is 51.6 Å². The Morgan fingerprint density at radius 1 is 1.35 bits per heavy atom. The molecule has 1 amide bonds. The number of carbonyl (C=O) groups is 1. The van der Waals surface area contributed by atoms with Gasteiger partial charge in [-0.2, -0.15) is 0 Å². The normalized spacial score (nSPS) is 18.0. The van der Waals surface area contributed by atoms with Gasteiger partial charge >= 0.3 is 0 Å². The summed E-state index contributed by atoms with van der Waals surface area (Å²) in [5.74, 6) is 0.0813. The molecule has 2 rings (SSSR count). The molecule has 1 aromatic heterocycles. The summed E-state index contributed by atoms with van der Waals surface area (Å²) in [7, 11) is 0. The molecule has 1 heterocycles. The highest BCUT2D eigenvalue weighted by molar-refractivity contribution is 5.86. The van der Waals surface area contributed by atoms with E-state index >= 15 is 0 Å². The van der Waals surface area contributed by atoms with E-state index in [4.69, 9.17) is 5.73 Å². The molecule has 20 heavy (non-hydrogen) atoms. The zero-order valence-electron chi connectivity index (χ0n) is 12.5. The van der Waals surface area contributed by atoms with E-state index in [2.05, 4.69) is 4.98 Å². The van der Waals surface area contributed by atoms with E-state index in [-0.39, 0.29) is 11.9 Å². The van der Waals surface area contributed by atoms with E-state index in [9.17, 15) is 4.79 Å². The molecule has 1 aliphatic carbocycles. The van der Waals surface area contributed by atoms with Gasteiger partial charge in [0.2, 0.25) is 5.91 Å². The standard InChI is InChI=1S/C16H25N3O/c1-13(2)19(12-14-8-4-7-11-18-14)15(20)16(17)9-5-3-6-10-16/h4,7-8,11,13H,3,5-6,9-10,12,17H2,1-2H3. The van der Waals surface area contributed by atoms with E-state index in [1.165, 1.54) is 6.42 Å². The van der Waals surface area contributed by atoms with Crippen molar-refractivity contribution in [3.63, 3.8) is 0 Å². The van der Waals surface area contributed by atoms with Crippen molar-refractivity contribution in [2.75, 3.05) is 0 Å². The van der Waals surface area contributed by atoms with Crippen LogP contribution in [-0.4, -0.2) is 27.4 Å². The summed E-state index contributed by atoms with van der Waals surface area (Å²) in [6.45, 7) is 4.61. The van der Waals surface area contributed by atoms with Gasteiger partial charge in [0.1, 0.15) is 0 Å². The fourth-order valence-electron chi connectivity index (χ4n) is 2.84. The monoisotopic (exact) mass is 275 g/mol. The lowest BCUT2D eigenvalue weighted by molar-refractivity contribution is -0.140. The average molecular weight is 275 g/mol. The maximum Gasteiger partial charge on any atom is 0.243 e. The van der Waals surface area contributed by atoms with Crippen molar-refractivity contribution in [2.24, 2.45) is 5.73 Å². The molecule has 0 aromatic carbocycles. The number of aromatic nitrogens is 1. The van der Waals surface area contributed by atoms with E-state index in [1.807, 2.05) is 36.9 Å². The second-order valence-electron chi connectivity index (χ2n) is 6.06. The Morgan fingerprint density at radius 3 is 2.60 bits per heavy atom. The van der Waals surface area contributed by atoms with Crippen LogP contribution in [-0.2, 0) is 11.3 Å². The first-order valence-corrected chi connectivity index (χ1v) is 7.53. The van der Waals surface area contributed by atoms with E-state index in [0.29, 0.717) is 6.54 Å². The van der Waals surface area contributed by atoms with Gasteiger partial charge in [0.15, 0.2) is 0 Å². The fourth-order valence-corrected chi connectivity index (χ4v) is 2.84. The number of carbonyl (C=O) groups excluding carboxylic acids is 1. The number of hydrogen-bond donors (Lipinski definition) is 1. The summed E-state index contributed by atoms with van der Waals surface area (Å²) in [6, 6.07) is 5.92. The number of nitrogens with two attached hydrogens (primary N) is 1. The van der Waals surface area contributed by atoms with Crippen LogP contribution < -0.4 is 5.73 Å². The first-order chi connectivity index (χ1) is 9.53. The molecule has 0 spiro atoms. The van der Waals surface area contributed by atoms with Gasteiger partial charge in [0.05, 0.1) is 17.8 Å². The highest BCUT2D eigenvalue weighted by Gasteiger charge is 2.39. The molecular weight excluding hydrogens is 250 g/mol. The molecule has 0 atom stereocenters. The van der Waals surface area contributed by atoms with Crippen molar-refractivity contribution in [2.45, 2.75) is 64.1 Å². The quantitative estimate of drug-likeness (QED) is 0.918. The van der Waals surface area contributed by atoms with Crippen LogP contribution in [0.4, 0.5) is 0 Å². The molecule has 1 fully saturated rings. The third kappa shape index (κ3) is 3.37. The number of nitrogens with zero attached hydrogens (tertiary/aromatic N) is 2. The molecular formula is C16H25N3O. The Kier molecular flexibility index (Phi) is 4.76. The highest BCUT2D eigenvalue weighted by atomic mass is 16.2. The minimum atomic E-state index is -0.669. The zero-order valence-corrected chi connectivity index (χ0v) is 12.5. The van der Waals surface area contributed by atoms with Crippen molar-refractivity contribution in [3.05, 3.63) is 30.1 Å². The lowest BCUT2D eigenvalue weighted by atomic mass is 9.81. The topological polar surface area (TPSA) is 59.2 Å². The van der Waals surface area contributed by atoms with Crippen LogP contribution in [0.15, 0.2) is 24.4 Å². The van der Waals surface area contributed by atoms with Crippen molar-refractivity contribution in [1.82, 2.24) is 9.88 Å². The van der Waals surface area contributed by atoms with Gasteiger partial charge in [-0.3, -0.25) is 9.78 Å². The van der Waals surface area contributed by atoms with E-state index in [0.717, 1.165) is 31.4 Å². The number of amides is 1. The molecule has 110 valence electrons. The number of rotatable bonds is 4. The summed E-state index contributed by atoms with van der Waals surface area (Å²) in [4.78, 5) is 19.0. The highest BCUT2D eigenvalue weighted by Crippen LogP contribution is 2.28. The van der Waals surface area contributed by atoms with Crippen LogP contribution in [0.2, 0.25) is 0 Å². The minimum Gasteiger partial charge on any atom is -0.333 e. The first kappa shape index (κ1) is 15.0. The second kappa shape index (κ2) is 6.35. The Balaban J connectivity index is 2.13. The molecule has 0 unspecified atom stereocenters. The maximum absolute atomic E-state index is 12.8. The Bertz CT molecular complexity index is 438. The molecule has 1 aromatic rings. The van der Waals surface area contributed by atoms with Crippen molar-refractivity contribution in [1.29, 1.82) is 0 Å². The van der Waals surface area contributed by atoms with E-state index in [1.54, 1.807) is 6.20 Å². The summed E-state index contributed by atoms with van der Waals surface area (Å²) in [5, 5.41) is 0. The van der Waals surface area contributed by atoms with Crippen LogP contribution in [0.3, 0.4) is 0 Å². The summed E-state index contributed by atoms with van der Waals surface area (Å²) in [5.41, 5.74) is 6.63. The zero-order chi connectivity index (χ0) is 14.6. The van der Waals surface area contributed by atoms with Gasteiger partial charge in [0.25, 0.3) is 0 Å². The van der Waals surface area contributed by atoms with Gasteiger partial charge in [0, 0.05) is 12.2 Å². The maximum atomic E-state index is 12.8. The predicted molar refractivity (Wildman–Crippen MR) is 79.9 cm³/mol. The van der Waals surface area contributed by atoms with Gasteiger partial charge in [-0.15, -0.1) is 0 Å². The molecule has 1 aliphatic rings. The minimum absolute atomic E-state index is 0.0813. The Labute approximate surface area is 121 Å². The molecule has 1 saturated carbocycles. The van der Waals surface area contributed by atoms with Crippen LogP contribution in [0.25, 0.3) is 0 Å². The molecule has 4 nitrogen and oxygen atoms in total. The van der Waals surface area contributed by atoms with Gasteiger partial charge < -0.3 is 10.6 Å². The Morgan fingerprint density at radius 2 is 2.05 bits per heavy atom. The van der Waals surface area contributed by atoms with Crippen LogP contribution in [0.5, 0.6) is 0 Å². The van der Waals surface area contributed by atoms with Crippen LogP contribution >= 0.6 is 0 Å². The third-order valence-corrected chi connectivity index (χ3v) is 4.11. The smallest absolute Gasteiger partial charge is 0.243 e. The van der Waals surface area contributed by atoms with Crippen molar-refractivity contribution < 1.29 is 4.79 Å².